The van der Waals surface area contributed by atoms with Gasteiger partial charge < -0.3 is 4.74 Å². The summed E-state index contributed by atoms with van der Waals surface area (Å²) in [6, 6.07) is 26.6. The van der Waals surface area contributed by atoms with Gasteiger partial charge in [-0.25, -0.2) is 5.01 Å². The highest BCUT2D eigenvalue weighted by Gasteiger charge is 2.49. The van der Waals surface area contributed by atoms with Crippen LogP contribution in [0.3, 0.4) is 0 Å². The molecule has 0 fully saturated rings. The molecular formula is C27H20ClN3O3. The Balaban J connectivity index is 1.48. The minimum atomic E-state index is -0.945. The highest BCUT2D eigenvalue weighted by molar-refractivity contribution is 6.30. The Morgan fingerprint density at radius 3 is 2.56 bits per heavy atom. The Morgan fingerprint density at radius 2 is 1.79 bits per heavy atom. The Kier molecular flexibility index (Phi) is 4.61. The largest absolute Gasteiger partial charge is 0.462 e. The number of benzene rings is 4. The van der Waals surface area contributed by atoms with Gasteiger partial charge in [0.15, 0.2) is 0 Å². The molecular weight excluding hydrogens is 450 g/mol. The van der Waals surface area contributed by atoms with E-state index in [0.717, 1.165) is 33.5 Å². The van der Waals surface area contributed by atoms with E-state index in [9.17, 15) is 10.1 Å². The molecule has 0 saturated heterocycles. The summed E-state index contributed by atoms with van der Waals surface area (Å²) in [4.78, 5) is 10.8. The molecule has 6 nitrogen and oxygen atoms in total. The molecule has 6 rings (SSSR count). The molecule has 7 heteroatoms. The molecule has 168 valence electrons. The summed E-state index contributed by atoms with van der Waals surface area (Å²) in [5.74, 6) is 0.737. The first-order chi connectivity index (χ1) is 16.4. The van der Waals surface area contributed by atoms with Crippen LogP contribution < -0.4 is 4.74 Å². The van der Waals surface area contributed by atoms with E-state index in [1.807, 2.05) is 42.3 Å². The van der Waals surface area contributed by atoms with Crippen LogP contribution in [-0.2, 0) is 5.72 Å². The maximum Gasteiger partial charge on any atom is 0.269 e. The lowest BCUT2D eigenvalue weighted by Crippen LogP contribution is -2.48. The summed E-state index contributed by atoms with van der Waals surface area (Å²) in [6.07, 6.45) is 0.692. The lowest BCUT2D eigenvalue weighted by atomic mass is 9.92. The second kappa shape index (κ2) is 7.57. The van der Waals surface area contributed by atoms with Gasteiger partial charge in [-0.3, -0.25) is 10.1 Å². The third kappa shape index (κ3) is 3.22. The summed E-state index contributed by atoms with van der Waals surface area (Å²) < 4.78 is 6.52. The third-order valence-electron chi connectivity index (χ3n) is 6.68. The van der Waals surface area contributed by atoms with Gasteiger partial charge in [0.1, 0.15) is 5.75 Å². The Hall–Kier alpha value is -3.90. The number of hydrogen-bond acceptors (Lipinski definition) is 5. The second-order valence-corrected chi connectivity index (χ2v) is 9.18. The van der Waals surface area contributed by atoms with Gasteiger partial charge in [-0.15, -0.1) is 0 Å². The summed E-state index contributed by atoms with van der Waals surface area (Å²) in [6.45, 7) is 1.95. The quantitative estimate of drug-likeness (QED) is 0.244. The Labute approximate surface area is 201 Å². The number of nitro groups is 1. The zero-order valence-electron chi connectivity index (χ0n) is 18.3. The molecule has 0 radical (unpaired) electrons. The number of halogens is 1. The van der Waals surface area contributed by atoms with Crippen LogP contribution in [-0.4, -0.2) is 15.6 Å². The molecule has 2 heterocycles. The zero-order valence-corrected chi connectivity index (χ0v) is 19.1. The summed E-state index contributed by atoms with van der Waals surface area (Å²) in [5, 5.41) is 21.2. The highest BCUT2D eigenvalue weighted by atomic mass is 35.5. The molecule has 34 heavy (non-hydrogen) atoms. The van der Waals surface area contributed by atoms with Gasteiger partial charge in [0.25, 0.3) is 5.69 Å². The maximum atomic E-state index is 11.2. The van der Waals surface area contributed by atoms with E-state index in [2.05, 4.69) is 30.3 Å². The number of nitro benzene ring substituents is 1. The van der Waals surface area contributed by atoms with Gasteiger partial charge in [-0.05, 0) is 52.7 Å². The molecule has 2 aliphatic rings. The number of hydrazone groups is 1. The molecule has 0 amide bonds. The van der Waals surface area contributed by atoms with Gasteiger partial charge in [0.05, 0.1) is 16.7 Å². The average Bonchev–Trinajstić information content (AvgIpc) is 3.31. The van der Waals surface area contributed by atoms with E-state index in [1.54, 1.807) is 12.1 Å². The van der Waals surface area contributed by atoms with E-state index in [4.69, 9.17) is 21.4 Å². The van der Waals surface area contributed by atoms with Crippen LogP contribution in [0.4, 0.5) is 5.69 Å². The van der Waals surface area contributed by atoms with Crippen LogP contribution in [0.15, 0.2) is 90.0 Å². The standard InChI is InChI=1S/C27H20ClN3O3/c1-27(20-8-11-22(12-9-20)31(32)33)30-25(23-15-21(28)10-13-26(23)34-27)16-24(29-30)19-7-6-17-4-2-3-5-18(17)14-19/h2-15,25H,16H2,1H3. The van der Waals surface area contributed by atoms with Crippen molar-refractivity contribution < 1.29 is 9.66 Å². The summed E-state index contributed by atoms with van der Waals surface area (Å²) in [5.41, 5.74) is 2.87. The Bertz CT molecular complexity index is 1480. The molecule has 0 spiro atoms. The van der Waals surface area contributed by atoms with Gasteiger partial charge in [-0.1, -0.05) is 48.0 Å². The van der Waals surface area contributed by atoms with Crippen LogP contribution in [0.5, 0.6) is 5.75 Å². The van der Waals surface area contributed by atoms with Gasteiger partial charge in [-0.2, -0.15) is 5.10 Å². The van der Waals surface area contributed by atoms with Gasteiger partial charge in [0.2, 0.25) is 5.72 Å². The van der Waals surface area contributed by atoms with Crippen molar-refractivity contribution >= 4 is 33.8 Å². The fraction of sp³-hybridized carbons (Fsp3) is 0.148. The van der Waals surface area contributed by atoms with Crippen molar-refractivity contribution in [2.45, 2.75) is 25.1 Å². The number of nitrogens with zero attached hydrogens (tertiary/aromatic N) is 3. The fourth-order valence-corrected chi connectivity index (χ4v) is 5.09. The van der Waals surface area contributed by atoms with E-state index in [-0.39, 0.29) is 11.7 Å². The van der Waals surface area contributed by atoms with E-state index in [1.165, 1.54) is 17.5 Å². The topological polar surface area (TPSA) is 68.0 Å². The normalized spacial score (nSPS) is 20.9. The van der Waals surface area contributed by atoms with E-state index in [0.29, 0.717) is 11.4 Å². The fourth-order valence-electron chi connectivity index (χ4n) is 4.91. The maximum absolute atomic E-state index is 11.2. The molecule has 0 N–H and O–H groups in total. The van der Waals surface area contributed by atoms with Crippen molar-refractivity contribution in [3.63, 3.8) is 0 Å². The number of rotatable bonds is 3. The number of ether oxygens (including phenoxy) is 1. The van der Waals surface area contributed by atoms with Crippen molar-refractivity contribution in [3.05, 3.63) is 117 Å². The predicted molar refractivity (Wildman–Crippen MR) is 132 cm³/mol. The molecule has 4 aromatic rings. The molecule has 2 unspecified atom stereocenters. The molecule has 0 saturated carbocycles. The first-order valence-corrected chi connectivity index (χ1v) is 11.4. The van der Waals surface area contributed by atoms with Crippen molar-refractivity contribution in [1.29, 1.82) is 0 Å². The number of non-ortho nitro benzene ring substituents is 1. The number of hydrogen-bond donors (Lipinski definition) is 0. The Morgan fingerprint density at radius 1 is 1.03 bits per heavy atom. The van der Waals surface area contributed by atoms with E-state index < -0.39 is 10.6 Å². The first kappa shape index (κ1) is 20.7. The molecule has 4 aromatic carbocycles. The summed E-state index contributed by atoms with van der Waals surface area (Å²) in [7, 11) is 0. The zero-order chi connectivity index (χ0) is 23.4. The third-order valence-corrected chi connectivity index (χ3v) is 6.92. The molecule has 0 aromatic heterocycles. The SMILES string of the molecule is CC1(c2ccc([N+](=O)[O-])cc2)Oc2ccc(Cl)cc2C2CC(c3ccc4ccccc4c3)=NN21. The van der Waals surface area contributed by atoms with Crippen molar-refractivity contribution in [2.24, 2.45) is 5.10 Å². The van der Waals surface area contributed by atoms with Gasteiger partial charge >= 0.3 is 0 Å². The van der Waals surface area contributed by atoms with Crippen LogP contribution in [0.25, 0.3) is 10.8 Å². The lowest BCUT2D eigenvalue weighted by Gasteiger charge is -2.46. The molecule has 0 bridgehead atoms. The average molecular weight is 470 g/mol. The van der Waals surface area contributed by atoms with Crippen LogP contribution in [0.2, 0.25) is 5.02 Å². The monoisotopic (exact) mass is 469 g/mol. The van der Waals surface area contributed by atoms with Crippen molar-refractivity contribution in [3.8, 4) is 5.75 Å². The molecule has 2 atom stereocenters. The minimum absolute atomic E-state index is 0.0358. The van der Waals surface area contributed by atoms with Gasteiger partial charge in [0, 0.05) is 41.6 Å². The van der Waals surface area contributed by atoms with Crippen LogP contribution >= 0.6 is 11.6 Å². The number of fused-ring (bicyclic) bond motifs is 4. The second-order valence-electron chi connectivity index (χ2n) is 8.74. The highest BCUT2D eigenvalue weighted by Crippen LogP contribution is 2.51. The predicted octanol–water partition coefficient (Wildman–Crippen LogP) is 6.82. The van der Waals surface area contributed by atoms with Crippen molar-refractivity contribution in [1.82, 2.24) is 5.01 Å². The smallest absolute Gasteiger partial charge is 0.269 e. The molecule has 0 aliphatic carbocycles. The summed E-state index contributed by atoms with van der Waals surface area (Å²) >= 11 is 6.35. The molecule has 2 aliphatic heterocycles. The van der Waals surface area contributed by atoms with Crippen molar-refractivity contribution in [2.75, 3.05) is 0 Å². The minimum Gasteiger partial charge on any atom is -0.462 e. The lowest BCUT2D eigenvalue weighted by molar-refractivity contribution is -0.384. The first-order valence-electron chi connectivity index (χ1n) is 11.0. The van der Waals surface area contributed by atoms with E-state index >= 15 is 0 Å². The van der Waals surface area contributed by atoms with Crippen LogP contribution in [0, 0.1) is 10.1 Å². The van der Waals surface area contributed by atoms with Crippen LogP contribution in [0.1, 0.15) is 36.1 Å².